The van der Waals surface area contributed by atoms with Crippen molar-refractivity contribution in [2.45, 2.75) is 9.79 Å². The highest BCUT2D eigenvalue weighted by atomic mass is 32.2. The van der Waals surface area contributed by atoms with Crippen LogP contribution >= 0.6 is 7.92 Å². The summed E-state index contributed by atoms with van der Waals surface area (Å²) in [5, 5.41) is 2.07. The predicted molar refractivity (Wildman–Crippen MR) is 105 cm³/mol. The normalized spacial score (nSPS) is 12.3. The molecule has 2 N–H and O–H groups in total. The van der Waals surface area contributed by atoms with Crippen molar-refractivity contribution in [1.29, 1.82) is 0 Å². The van der Waals surface area contributed by atoms with Gasteiger partial charge in [0.15, 0.2) is 0 Å². The SMILES string of the molecule is O=S(=O)(O)c1cccc(P(c2ccccc2)c2cccc(S(=O)(=O)O)c2)c1. The molecule has 0 atom stereocenters. The van der Waals surface area contributed by atoms with Gasteiger partial charge in [-0.2, -0.15) is 16.8 Å². The van der Waals surface area contributed by atoms with Gasteiger partial charge < -0.3 is 0 Å². The third-order valence-electron chi connectivity index (χ3n) is 3.76. The summed E-state index contributed by atoms with van der Waals surface area (Å²) < 4.78 is 64.8. The van der Waals surface area contributed by atoms with Crippen LogP contribution in [0.3, 0.4) is 0 Å². The van der Waals surface area contributed by atoms with Crippen molar-refractivity contribution in [3.8, 4) is 0 Å². The molecular weight excluding hydrogens is 407 g/mol. The van der Waals surface area contributed by atoms with Gasteiger partial charge in [-0.25, -0.2) is 0 Å². The lowest BCUT2D eigenvalue weighted by molar-refractivity contribution is 0.481. The Labute approximate surface area is 158 Å². The maximum atomic E-state index is 11.5. The van der Waals surface area contributed by atoms with E-state index in [-0.39, 0.29) is 9.79 Å². The third kappa shape index (κ3) is 4.61. The fourth-order valence-corrected chi connectivity index (χ4v) is 6.19. The average molecular weight is 422 g/mol. The lowest BCUT2D eigenvalue weighted by Gasteiger charge is -2.20. The molecule has 0 saturated heterocycles. The average Bonchev–Trinajstić information content (AvgIpc) is 2.62. The molecule has 0 radical (unpaired) electrons. The predicted octanol–water partition coefficient (Wildman–Crippen LogP) is 1.94. The molecule has 3 rings (SSSR count). The Morgan fingerprint density at radius 2 is 0.963 bits per heavy atom. The van der Waals surface area contributed by atoms with Crippen molar-refractivity contribution in [2.75, 3.05) is 0 Å². The van der Waals surface area contributed by atoms with Crippen LogP contribution in [0.1, 0.15) is 0 Å². The minimum Gasteiger partial charge on any atom is -0.282 e. The minimum absolute atomic E-state index is 0.241. The molecule has 140 valence electrons. The van der Waals surface area contributed by atoms with E-state index in [1.54, 1.807) is 12.1 Å². The monoisotopic (exact) mass is 422 g/mol. The fraction of sp³-hybridized carbons (Fsp3) is 0. The number of rotatable bonds is 5. The zero-order valence-electron chi connectivity index (χ0n) is 13.8. The van der Waals surface area contributed by atoms with Gasteiger partial charge >= 0.3 is 0 Å². The fourth-order valence-electron chi connectivity index (χ4n) is 2.59. The molecule has 0 saturated carbocycles. The van der Waals surface area contributed by atoms with E-state index >= 15 is 0 Å². The van der Waals surface area contributed by atoms with Crippen LogP contribution in [0.4, 0.5) is 0 Å². The molecule has 0 amide bonds. The number of hydrogen-bond donors (Lipinski definition) is 2. The van der Waals surface area contributed by atoms with Crippen molar-refractivity contribution in [3.63, 3.8) is 0 Å². The second-order valence-corrected chi connectivity index (χ2v) is 10.7. The first-order chi connectivity index (χ1) is 12.7. The first-order valence-electron chi connectivity index (χ1n) is 7.66. The van der Waals surface area contributed by atoms with Crippen LogP contribution in [0.15, 0.2) is 88.7 Å². The molecular formula is C18H15O6PS2. The summed E-state index contributed by atoms with van der Waals surface area (Å²) in [5.74, 6) is 0. The van der Waals surface area contributed by atoms with E-state index < -0.39 is 28.2 Å². The smallest absolute Gasteiger partial charge is 0.282 e. The van der Waals surface area contributed by atoms with Gasteiger partial charge in [-0.3, -0.25) is 9.11 Å². The summed E-state index contributed by atoms with van der Waals surface area (Å²) in [6.07, 6.45) is 0. The van der Waals surface area contributed by atoms with Crippen LogP contribution < -0.4 is 15.9 Å². The minimum atomic E-state index is -4.38. The first kappa shape index (κ1) is 19.7. The molecule has 0 aromatic heterocycles. The second-order valence-electron chi connectivity index (χ2n) is 5.62. The standard InChI is InChI=1S/C18H15O6PS2/c19-26(20,21)17-10-4-8-15(12-17)25(14-6-2-1-3-7-14)16-9-5-11-18(13-16)27(22,23)24/h1-13H,(H,19,20,21)(H,22,23,24). The van der Waals surface area contributed by atoms with Gasteiger partial charge in [0, 0.05) is 0 Å². The van der Waals surface area contributed by atoms with Gasteiger partial charge in [0.2, 0.25) is 0 Å². The molecule has 3 aromatic carbocycles. The van der Waals surface area contributed by atoms with Crippen LogP contribution in [-0.2, 0) is 20.2 Å². The first-order valence-corrected chi connectivity index (χ1v) is 11.9. The van der Waals surface area contributed by atoms with E-state index in [2.05, 4.69) is 0 Å². The quantitative estimate of drug-likeness (QED) is 0.481. The maximum Gasteiger partial charge on any atom is 0.294 e. The second kappa shape index (κ2) is 7.50. The molecule has 0 aliphatic carbocycles. The van der Waals surface area contributed by atoms with Gasteiger partial charge in [-0.1, -0.05) is 54.6 Å². The Bertz CT molecular complexity index is 1100. The van der Waals surface area contributed by atoms with Gasteiger partial charge in [-0.15, -0.1) is 0 Å². The van der Waals surface area contributed by atoms with E-state index in [1.807, 2.05) is 30.3 Å². The van der Waals surface area contributed by atoms with E-state index in [0.29, 0.717) is 10.6 Å². The highest BCUT2D eigenvalue weighted by Crippen LogP contribution is 2.34. The van der Waals surface area contributed by atoms with Gasteiger partial charge in [0.1, 0.15) is 0 Å². The van der Waals surface area contributed by atoms with Crippen molar-refractivity contribution in [3.05, 3.63) is 78.9 Å². The summed E-state index contributed by atoms with van der Waals surface area (Å²) in [6, 6.07) is 21.0. The Balaban J connectivity index is 2.23. The van der Waals surface area contributed by atoms with Crippen molar-refractivity contribution >= 4 is 44.1 Å². The lowest BCUT2D eigenvalue weighted by atomic mass is 10.3. The molecule has 0 fully saturated rings. The molecule has 0 aliphatic heterocycles. The van der Waals surface area contributed by atoms with Crippen molar-refractivity contribution < 1.29 is 25.9 Å². The lowest BCUT2D eigenvalue weighted by Crippen LogP contribution is -2.22. The Hall–Kier alpha value is -2.09. The van der Waals surface area contributed by atoms with Crippen LogP contribution in [0.5, 0.6) is 0 Å². The van der Waals surface area contributed by atoms with E-state index in [0.717, 1.165) is 5.30 Å². The molecule has 27 heavy (non-hydrogen) atoms. The molecule has 6 nitrogen and oxygen atoms in total. The molecule has 0 heterocycles. The van der Waals surface area contributed by atoms with Gasteiger partial charge in [0.25, 0.3) is 20.2 Å². The number of hydrogen-bond acceptors (Lipinski definition) is 4. The highest BCUT2D eigenvalue weighted by molar-refractivity contribution is 7.86. The third-order valence-corrected chi connectivity index (χ3v) is 7.86. The molecule has 0 unspecified atom stereocenters. The Kier molecular flexibility index (Phi) is 5.46. The molecule has 0 aliphatic rings. The number of benzene rings is 3. The summed E-state index contributed by atoms with van der Waals surface area (Å²) in [6.45, 7) is 0. The summed E-state index contributed by atoms with van der Waals surface area (Å²) >= 11 is 0. The summed E-state index contributed by atoms with van der Waals surface area (Å²) in [7, 11) is -10.1. The summed E-state index contributed by atoms with van der Waals surface area (Å²) in [4.78, 5) is -0.483. The largest absolute Gasteiger partial charge is 0.294 e. The Morgan fingerprint density at radius 1 is 0.556 bits per heavy atom. The molecule has 0 bridgehead atoms. The summed E-state index contributed by atoms with van der Waals surface area (Å²) in [5.41, 5.74) is 0. The van der Waals surface area contributed by atoms with E-state index in [4.69, 9.17) is 0 Å². The van der Waals surface area contributed by atoms with Crippen molar-refractivity contribution in [2.24, 2.45) is 0 Å². The van der Waals surface area contributed by atoms with Gasteiger partial charge in [-0.05, 0) is 48.1 Å². The zero-order valence-corrected chi connectivity index (χ0v) is 16.3. The highest BCUT2D eigenvalue weighted by Gasteiger charge is 2.21. The Morgan fingerprint density at radius 3 is 1.37 bits per heavy atom. The van der Waals surface area contributed by atoms with E-state index in [9.17, 15) is 25.9 Å². The van der Waals surface area contributed by atoms with Crippen molar-refractivity contribution in [1.82, 2.24) is 0 Å². The molecule has 3 aromatic rings. The maximum absolute atomic E-state index is 11.5. The topological polar surface area (TPSA) is 109 Å². The van der Waals surface area contributed by atoms with Crippen LogP contribution in [0, 0.1) is 0 Å². The van der Waals surface area contributed by atoms with Crippen LogP contribution in [-0.4, -0.2) is 25.9 Å². The van der Waals surface area contributed by atoms with E-state index in [1.165, 1.54) is 36.4 Å². The molecule has 9 heteroatoms. The molecule has 0 spiro atoms. The van der Waals surface area contributed by atoms with Crippen LogP contribution in [0.25, 0.3) is 0 Å². The zero-order chi connectivity index (χ0) is 19.7. The van der Waals surface area contributed by atoms with Gasteiger partial charge in [0.05, 0.1) is 9.79 Å². The van der Waals surface area contributed by atoms with Crippen LogP contribution in [0.2, 0.25) is 0 Å².